The van der Waals surface area contributed by atoms with Crippen LogP contribution in [0.2, 0.25) is 0 Å². The highest BCUT2D eigenvalue weighted by molar-refractivity contribution is 7.85. The Balaban J connectivity index is 1.42. The topological polar surface area (TPSA) is 116 Å². The van der Waals surface area contributed by atoms with Gasteiger partial charge in [-0.2, -0.15) is 8.42 Å². The van der Waals surface area contributed by atoms with Crippen molar-refractivity contribution in [2.45, 2.75) is 56.8 Å². The van der Waals surface area contributed by atoms with E-state index >= 15 is 0 Å². The fourth-order valence-electron chi connectivity index (χ4n) is 3.96. The molecule has 0 fully saturated rings. The molecule has 0 aliphatic carbocycles. The van der Waals surface area contributed by atoms with Crippen LogP contribution in [0, 0.1) is 6.92 Å². The number of nitrogens with zero attached hydrogens (tertiary/aromatic N) is 2. The van der Waals surface area contributed by atoms with Gasteiger partial charge in [0.1, 0.15) is 0 Å². The zero-order valence-electron chi connectivity index (χ0n) is 21.6. The molecule has 2 aromatic carbocycles. The molecule has 0 spiro atoms. The number of carbonyl (C=O) groups is 1. The number of unbranched alkanes of at least 4 members (excludes halogenated alkanes) is 5. The summed E-state index contributed by atoms with van der Waals surface area (Å²) >= 11 is 0. The highest BCUT2D eigenvalue weighted by atomic mass is 32.2. The van der Waals surface area contributed by atoms with Crippen LogP contribution in [0.3, 0.4) is 0 Å². The van der Waals surface area contributed by atoms with E-state index in [9.17, 15) is 17.8 Å². The second-order valence-electron chi connectivity index (χ2n) is 9.04. The first-order chi connectivity index (χ1) is 18.3. The molecule has 38 heavy (non-hydrogen) atoms. The van der Waals surface area contributed by atoms with Gasteiger partial charge in [-0.3, -0.25) is 4.55 Å². The van der Waals surface area contributed by atoms with E-state index in [-0.39, 0.29) is 10.9 Å². The van der Waals surface area contributed by atoms with E-state index in [2.05, 4.69) is 16.5 Å². The first-order valence-corrected chi connectivity index (χ1v) is 14.1. The van der Waals surface area contributed by atoms with Crippen molar-refractivity contribution >= 4 is 16.1 Å². The Morgan fingerprint density at radius 1 is 0.947 bits per heavy atom. The Bertz CT molecular complexity index is 1310. The summed E-state index contributed by atoms with van der Waals surface area (Å²) in [7, 11) is -4.29. The van der Waals surface area contributed by atoms with Gasteiger partial charge >= 0.3 is 5.97 Å². The van der Waals surface area contributed by atoms with Gasteiger partial charge in [-0.15, -0.1) is 0 Å². The summed E-state index contributed by atoms with van der Waals surface area (Å²) in [6.45, 7) is 6.28. The largest absolute Gasteiger partial charge is 0.490 e. The minimum absolute atomic E-state index is 0.0742. The summed E-state index contributed by atoms with van der Waals surface area (Å²) in [5, 5.41) is 0. The summed E-state index contributed by atoms with van der Waals surface area (Å²) < 4.78 is 43.7. The Morgan fingerprint density at radius 3 is 2.21 bits per heavy atom. The third-order valence-electron chi connectivity index (χ3n) is 5.95. The number of esters is 1. The van der Waals surface area contributed by atoms with Crippen LogP contribution in [0.15, 0.2) is 72.4 Å². The van der Waals surface area contributed by atoms with E-state index < -0.39 is 10.1 Å². The van der Waals surface area contributed by atoms with Crippen LogP contribution in [0.1, 0.15) is 55.2 Å². The maximum Gasteiger partial charge on any atom is 0.330 e. The molecule has 3 aromatic rings. The number of hydrogen-bond donors (Lipinski definition) is 1. The number of ether oxygens (including phenoxy) is 2. The Kier molecular flexibility index (Phi) is 11.0. The van der Waals surface area contributed by atoms with Crippen molar-refractivity contribution in [2.75, 3.05) is 13.2 Å². The number of carbonyl (C=O) groups excluding carboxylic acids is 1. The lowest BCUT2D eigenvalue weighted by Crippen LogP contribution is -2.04. The van der Waals surface area contributed by atoms with Gasteiger partial charge in [0.25, 0.3) is 10.1 Å². The van der Waals surface area contributed by atoms with Gasteiger partial charge in [0.05, 0.1) is 30.5 Å². The summed E-state index contributed by atoms with van der Waals surface area (Å²) in [6, 6.07) is 12.4. The van der Waals surface area contributed by atoms with Gasteiger partial charge in [-0.25, -0.2) is 14.8 Å². The molecule has 1 heterocycles. The molecule has 1 N–H and O–H groups in total. The van der Waals surface area contributed by atoms with E-state index in [1.54, 1.807) is 24.5 Å². The minimum Gasteiger partial charge on any atom is -0.490 e. The molecule has 0 amide bonds. The SMILES string of the molecule is C=CC(=O)OCCCCCCCCOc1cnc(-c2ccc(Cc3cc(C)ccc3S(=O)(=O)O)cc2)nc1. The lowest BCUT2D eigenvalue weighted by atomic mass is 10.0. The van der Waals surface area contributed by atoms with Crippen LogP contribution < -0.4 is 4.74 Å². The van der Waals surface area contributed by atoms with Crippen LogP contribution in [0.5, 0.6) is 5.75 Å². The van der Waals surface area contributed by atoms with Gasteiger partial charge < -0.3 is 9.47 Å². The normalized spacial score (nSPS) is 11.2. The Hall–Kier alpha value is -3.56. The van der Waals surface area contributed by atoms with Gasteiger partial charge in [-0.1, -0.05) is 74.2 Å². The fraction of sp³-hybridized carbons (Fsp3) is 0.345. The van der Waals surface area contributed by atoms with Gasteiger partial charge in [0.2, 0.25) is 0 Å². The Morgan fingerprint density at radius 2 is 1.58 bits per heavy atom. The molecule has 0 unspecified atom stereocenters. The molecule has 8 nitrogen and oxygen atoms in total. The Labute approximate surface area is 224 Å². The highest BCUT2D eigenvalue weighted by Gasteiger charge is 2.16. The average molecular weight is 539 g/mol. The molecular weight excluding hydrogens is 504 g/mol. The molecule has 0 aliphatic rings. The van der Waals surface area contributed by atoms with E-state index in [1.165, 1.54) is 12.1 Å². The van der Waals surface area contributed by atoms with Crippen molar-refractivity contribution in [1.82, 2.24) is 9.97 Å². The van der Waals surface area contributed by atoms with E-state index in [0.717, 1.165) is 55.2 Å². The summed E-state index contributed by atoms with van der Waals surface area (Å²) in [4.78, 5) is 19.7. The number of aromatic nitrogens is 2. The first-order valence-electron chi connectivity index (χ1n) is 12.7. The van der Waals surface area contributed by atoms with Crippen molar-refractivity contribution in [3.05, 3.63) is 84.2 Å². The quantitative estimate of drug-likeness (QED) is 0.113. The first kappa shape index (κ1) is 29.0. The number of benzene rings is 2. The molecule has 0 saturated carbocycles. The van der Waals surface area contributed by atoms with Crippen LogP contribution >= 0.6 is 0 Å². The smallest absolute Gasteiger partial charge is 0.330 e. The minimum atomic E-state index is -4.29. The summed E-state index contributed by atoms with van der Waals surface area (Å²) in [6.07, 6.45) is 11.0. The second-order valence-corrected chi connectivity index (χ2v) is 10.4. The van der Waals surface area contributed by atoms with Crippen molar-refractivity contribution in [2.24, 2.45) is 0 Å². The lowest BCUT2D eigenvalue weighted by Gasteiger charge is -2.09. The molecule has 1 aromatic heterocycles. The van der Waals surface area contributed by atoms with Gasteiger partial charge in [0, 0.05) is 11.6 Å². The second kappa shape index (κ2) is 14.4. The van der Waals surface area contributed by atoms with Crippen molar-refractivity contribution in [3.63, 3.8) is 0 Å². The molecule has 9 heteroatoms. The van der Waals surface area contributed by atoms with Crippen molar-refractivity contribution in [3.8, 4) is 17.1 Å². The maximum absolute atomic E-state index is 11.7. The number of aryl methyl sites for hydroxylation is 1. The monoisotopic (exact) mass is 538 g/mol. The molecule has 0 atom stereocenters. The molecule has 202 valence electrons. The van der Waals surface area contributed by atoms with Crippen molar-refractivity contribution in [1.29, 1.82) is 0 Å². The van der Waals surface area contributed by atoms with E-state index in [0.29, 0.717) is 36.8 Å². The predicted octanol–water partition coefficient (Wildman–Crippen LogP) is 5.74. The molecular formula is C29H34N2O6S. The lowest BCUT2D eigenvalue weighted by molar-refractivity contribution is -0.137. The molecule has 0 bridgehead atoms. The van der Waals surface area contributed by atoms with E-state index in [4.69, 9.17) is 9.47 Å². The highest BCUT2D eigenvalue weighted by Crippen LogP contribution is 2.23. The number of hydrogen-bond acceptors (Lipinski definition) is 7. The van der Waals surface area contributed by atoms with Crippen LogP contribution in [-0.2, 0) is 26.1 Å². The third kappa shape index (κ3) is 9.39. The average Bonchev–Trinajstić information content (AvgIpc) is 2.89. The maximum atomic E-state index is 11.7. The zero-order valence-corrected chi connectivity index (χ0v) is 22.5. The zero-order chi connectivity index (χ0) is 27.4. The molecule has 3 rings (SSSR count). The van der Waals surface area contributed by atoms with E-state index in [1.807, 2.05) is 31.2 Å². The summed E-state index contributed by atoms with van der Waals surface area (Å²) in [5.74, 6) is 0.813. The third-order valence-corrected chi connectivity index (χ3v) is 6.90. The number of rotatable bonds is 15. The summed E-state index contributed by atoms with van der Waals surface area (Å²) in [5.41, 5.74) is 3.20. The van der Waals surface area contributed by atoms with Gasteiger partial charge in [-0.05, 0) is 43.4 Å². The van der Waals surface area contributed by atoms with Crippen molar-refractivity contribution < 1.29 is 27.2 Å². The molecule has 0 radical (unpaired) electrons. The fourth-order valence-corrected chi connectivity index (χ4v) is 4.66. The molecule has 0 aliphatic heterocycles. The standard InChI is InChI=1S/C29H34N2O6S/c1-3-28(32)37-17-9-7-5-4-6-8-16-36-26-20-30-29(31-21-26)24-13-11-23(12-14-24)19-25-18-22(2)10-15-27(25)38(33,34)35/h3,10-15,18,20-21H,1,4-9,16-17,19H2,2H3,(H,33,34,35). The van der Waals surface area contributed by atoms with Gasteiger partial charge in [0.15, 0.2) is 11.6 Å². The predicted molar refractivity (Wildman–Crippen MR) is 146 cm³/mol. The van der Waals surface area contributed by atoms with Crippen LogP contribution in [-0.4, -0.2) is 42.1 Å². The van der Waals surface area contributed by atoms with Crippen LogP contribution in [0.25, 0.3) is 11.4 Å². The molecule has 0 saturated heterocycles. The van der Waals surface area contributed by atoms with Crippen LogP contribution in [0.4, 0.5) is 0 Å².